The van der Waals surface area contributed by atoms with E-state index in [1.54, 1.807) is 12.1 Å². The van der Waals surface area contributed by atoms with Crippen LogP contribution >= 0.6 is 0 Å². The van der Waals surface area contributed by atoms with Crippen molar-refractivity contribution in [2.45, 2.75) is 59.3 Å². The van der Waals surface area contributed by atoms with Crippen molar-refractivity contribution in [3.05, 3.63) is 28.8 Å². The molecule has 0 saturated carbocycles. The molecule has 0 bridgehead atoms. The summed E-state index contributed by atoms with van der Waals surface area (Å²) in [4.78, 5) is 24.3. The number of carbonyl (C=O) groups is 2. The van der Waals surface area contributed by atoms with Gasteiger partial charge in [0, 0.05) is 16.7 Å². The fourth-order valence-corrected chi connectivity index (χ4v) is 2.45. The molecule has 0 spiro atoms. The summed E-state index contributed by atoms with van der Waals surface area (Å²) < 4.78 is 4.66. The van der Waals surface area contributed by atoms with E-state index in [2.05, 4.69) is 4.74 Å². The van der Waals surface area contributed by atoms with Crippen molar-refractivity contribution in [2.75, 3.05) is 7.11 Å². The van der Waals surface area contributed by atoms with E-state index in [1.165, 1.54) is 14.0 Å². The third-order valence-electron chi connectivity index (χ3n) is 3.96. The van der Waals surface area contributed by atoms with Crippen molar-refractivity contribution in [3.8, 4) is 5.75 Å². The Labute approximate surface area is 138 Å². The largest absolute Gasteiger partial charge is 0.507 e. The molecule has 1 atom stereocenters. The SMILES string of the molecule is COC(=O)C(C)C(=O)c1cc(C(C)(C)C)c(O)c(C(C)(C)C)c1. The Morgan fingerprint density at radius 3 is 1.70 bits per heavy atom. The number of Topliss-reactive ketones (excluding diaryl/α,β-unsaturated/α-hetero) is 1. The van der Waals surface area contributed by atoms with Crippen LogP contribution in [-0.2, 0) is 20.4 Å². The predicted octanol–water partition coefficient (Wildman–Crippen LogP) is 3.98. The molecule has 128 valence electrons. The average molecular weight is 320 g/mol. The molecule has 0 saturated heterocycles. The first-order valence-corrected chi connectivity index (χ1v) is 7.80. The summed E-state index contributed by atoms with van der Waals surface area (Å²) in [6.07, 6.45) is 0. The molecule has 0 aromatic heterocycles. The van der Waals surface area contributed by atoms with E-state index in [1.807, 2.05) is 41.5 Å². The Kier molecular flexibility index (Phi) is 5.30. The highest BCUT2D eigenvalue weighted by Gasteiger charge is 2.30. The fraction of sp³-hybridized carbons (Fsp3) is 0.579. The van der Waals surface area contributed by atoms with E-state index in [9.17, 15) is 14.7 Å². The highest BCUT2D eigenvalue weighted by molar-refractivity contribution is 6.08. The summed E-state index contributed by atoms with van der Waals surface area (Å²) >= 11 is 0. The minimum Gasteiger partial charge on any atom is -0.507 e. The summed E-state index contributed by atoms with van der Waals surface area (Å²) in [5, 5.41) is 10.7. The Balaban J connectivity index is 3.57. The van der Waals surface area contributed by atoms with Gasteiger partial charge < -0.3 is 9.84 Å². The molecule has 1 aromatic carbocycles. The number of phenols is 1. The zero-order valence-electron chi connectivity index (χ0n) is 15.4. The maximum atomic E-state index is 12.6. The number of ketones is 1. The zero-order chi connectivity index (χ0) is 18.2. The number of esters is 1. The number of methoxy groups -OCH3 is 1. The monoisotopic (exact) mass is 320 g/mol. The van der Waals surface area contributed by atoms with E-state index in [-0.39, 0.29) is 22.4 Å². The smallest absolute Gasteiger partial charge is 0.316 e. The highest BCUT2D eigenvalue weighted by Crippen LogP contribution is 2.40. The van der Waals surface area contributed by atoms with Crippen LogP contribution in [0.2, 0.25) is 0 Å². The second-order valence-electron chi connectivity index (χ2n) is 8.03. The minimum absolute atomic E-state index is 0.215. The van der Waals surface area contributed by atoms with E-state index in [0.29, 0.717) is 16.7 Å². The second-order valence-corrected chi connectivity index (χ2v) is 8.03. The van der Waals surface area contributed by atoms with Crippen molar-refractivity contribution in [2.24, 2.45) is 5.92 Å². The average Bonchev–Trinajstić information content (AvgIpc) is 2.42. The molecule has 4 heteroatoms. The van der Waals surface area contributed by atoms with Gasteiger partial charge in [0.2, 0.25) is 0 Å². The lowest BCUT2D eigenvalue weighted by Crippen LogP contribution is -2.24. The van der Waals surface area contributed by atoms with Crippen LogP contribution < -0.4 is 0 Å². The molecular weight excluding hydrogens is 292 g/mol. The first-order chi connectivity index (χ1) is 10.3. The van der Waals surface area contributed by atoms with Gasteiger partial charge in [-0.1, -0.05) is 41.5 Å². The lowest BCUT2D eigenvalue weighted by Gasteiger charge is -2.28. The third-order valence-corrected chi connectivity index (χ3v) is 3.96. The van der Waals surface area contributed by atoms with E-state index < -0.39 is 11.9 Å². The van der Waals surface area contributed by atoms with Crippen molar-refractivity contribution in [1.29, 1.82) is 0 Å². The number of aromatic hydroxyl groups is 1. The van der Waals surface area contributed by atoms with Crippen LogP contribution in [0.1, 0.15) is 70.0 Å². The van der Waals surface area contributed by atoms with Gasteiger partial charge in [-0.05, 0) is 29.9 Å². The van der Waals surface area contributed by atoms with Crippen molar-refractivity contribution < 1.29 is 19.4 Å². The number of phenolic OH excluding ortho intramolecular Hbond substituents is 1. The molecule has 4 nitrogen and oxygen atoms in total. The molecule has 0 heterocycles. The molecule has 1 aromatic rings. The van der Waals surface area contributed by atoms with E-state index in [0.717, 1.165) is 0 Å². The molecule has 0 aliphatic heterocycles. The number of rotatable bonds is 3. The van der Waals surface area contributed by atoms with Gasteiger partial charge in [-0.25, -0.2) is 0 Å². The Bertz CT molecular complexity index is 580. The maximum absolute atomic E-state index is 12.6. The molecule has 1 unspecified atom stereocenters. The van der Waals surface area contributed by atoms with Gasteiger partial charge in [0.25, 0.3) is 0 Å². The van der Waals surface area contributed by atoms with Gasteiger partial charge in [0.15, 0.2) is 5.78 Å². The predicted molar refractivity (Wildman–Crippen MR) is 91.0 cm³/mol. The molecule has 0 aliphatic carbocycles. The van der Waals surface area contributed by atoms with Gasteiger partial charge in [0.1, 0.15) is 11.7 Å². The summed E-state index contributed by atoms with van der Waals surface area (Å²) in [6.45, 7) is 13.4. The molecule has 1 rings (SSSR count). The molecule has 0 aliphatic rings. The van der Waals surface area contributed by atoms with Crippen molar-refractivity contribution >= 4 is 11.8 Å². The number of hydrogen-bond donors (Lipinski definition) is 1. The number of benzene rings is 1. The quantitative estimate of drug-likeness (QED) is 0.520. The number of hydrogen-bond acceptors (Lipinski definition) is 4. The number of carbonyl (C=O) groups excluding carboxylic acids is 2. The van der Waals surface area contributed by atoms with E-state index in [4.69, 9.17) is 0 Å². The topological polar surface area (TPSA) is 63.6 Å². The fourth-order valence-electron chi connectivity index (χ4n) is 2.45. The van der Waals surface area contributed by atoms with Crippen LogP contribution in [0.15, 0.2) is 12.1 Å². The van der Waals surface area contributed by atoms with Crippen LogP contribution in [0.25, 0.3) is 0 Å². The zero-order valence-corrected chi connectivity index (χ0v) is 15.4. The molecule has 23 heavy (non-hydrogen) atoms. The number of ether oxygens (including phenoxy) is 1. The first kappa shape index (κ1) is 19.2. The molecule has 0 amide bonds. The van der Waals surface area contributed by atoms with Crippen LogP contribution in [-0.4, -0.2) is 24.0 Å². The second kappa shape index (κ2) is 6.34. The first-order valence-electron chi connectivity index (χ1n) is 7.80. The normalized spacial score (nSPS) is 13.6. The summed E-state index contributed by atoms with van der Waals surface area (Å²) in [5.74, 6) is -1.51. The summed E-state index contributed by atoms with van der Waals surface area (Å²) in [7, 11) is 1.27. The van der Waals surface area contributed by atoms with Gasteiger partial charge in [-0.15, -0.1) is 0 Å². The van der Waals surface area contributed by atoms with Gasteiger partial charge in [-0.2, -0.15) is 0 Å². The molecule has 1 N–H and O–H groups in total. The maximum Gasteiger partial charge on any atom is 0.316 e. The van der Waals surface area contributed by atoms with Crippen LogP contribution in [0.5, 0.6) is 5.75 Å². The summed E-state index contributed by atoms with van der Waals surface area (Å²) in [5.41, 5.74) is 1.18. The highest BCUT2D eigenvalue weighted by atomic mass is 16.5. The van der Waals surface area contributed by atoms with Gasteiger partial charge in [0.05, 0.1) is 7.11 Å². The van der Waals surface area contributed by atoms with Crippen molar-refractivity contribution in [3.63, 3.8) is 0 Å². The van der Waals surface area contributed by atoms with Gasteiger partial charge >= 0.3 is 5.97 Å². The Morgan fingerprint density at radius 1 is 1.00 bits per heavy atom. The van der Waals surface area contributed by atoms with Crippen LogP contribution in [0.4, 0.5) is 0 Å². The van der Waals surface area contributed by atoms with Crippen LogP contribution in [0, 0.1) is 5.92 Å². The Hall–Kier alpha value is -1.84. The van der Waals surface area contributed by atoms with E-state index >= 15 is 0 Å². The Morgan fingerprint density at radius 2 is 1.39 bits per heavy atom. The molecule has 0 fully saturated rings. The standard InChI is InChI=1S/C19H28O4/c1-11(17(22)23-8)15(20)12-9-13(18(2,3)4)16(21)14(10-12)19(5,6)7/h9-11,21H,1-8H3. The lowest BCUT2D eigenvalue weighted by atomic mass is 9.77. The minimum atomic E-state index is -0.870. The molecule has 0 radical (unpaired) electrons. The van der Waals surface area contributed by atoms with Gasteiger partial charge in [-0.3, -0.25) is 9.59 Å². The third kappa shape index (κ3) is 4.12. The summed E-state index contributed by atoms with van der Waals surface area (Å²) in [6, 6.07) is 3.37. The molecular formula is C19H28O4. The van der Waals surface area contributed by atoms with Crippen LogP contribution in [0.3, 0.4) is 0 Å². The van der Waals surface area contributed by atoms with Crippen molar-refractivity contribution in [1.82, 2.24) is 0 Å². The lowest BCUT2D eigenvalue weighted by molar-refractivity contribution is -0.143.